The van der Waals surface area contributed by atoms with Crippen LogP contribution in [-0.2, 0) is 4.79 Å². The third kappa shape index (κ3) is 3.07. The Balaban J connectivity index is 1.90. The maximum atomic E-state index is 12.0. The van der Waals surface area contributed by atoms with E-state index in [9.17, 15) is 9.90 Å². The second kappa shape index (κ2) is 6.42. The summed E-state index contributed by atoms with van der Waals surface area (Å²) in [5.41, 5.74) is 2.40. The van der Waals surface area contributed by atoms with Crippen LogP contribution in [0.15, 0.2) is 30.7 Å². The molecule has 6 nitrogen and oxygen atoms in total. The van der Waals surface area contributed by atoms with Crippen molar-refractivity contribution in [3.05, 3.63) is 42.0 Å². The van der Waals surface area contributed by atoms with Crippen molar-refractivity contribution < 1.29 is 14.6 Å². The Hall–Kier alpha value is -2.34. The topological polar surface area (TPSA) is 67.6 Å². The van der Waals surface area contributed by atoms with E-state index in [4.69, 9.17) is 4.74 Å². The number of aryl methyl sites for hydroxylation is 1. The van der Waals surface area contributed by atoms with Crippen molar-refractivity contribution >= 4 is 5.91 Å². The van der Waals surface area contributed by atoms with Crippen LogP contribution in [0.4, 0.5) is 0 Å². The minimum Gasteiger partial charge on any atom is -0.495 e. The van der Waals surface area contributed by atoms with Crippen molar-refractivity contribution in [1.29, 1.82) is 0 Å². The first-order chi connectivity index (χ1) is 11.1. The van der Waals surface area contributed by atoms with Crippen LogP contribution in [0.2, 0.25) is 0 Å². The van der Waals surface area contributed by atoms with Gasteiger partial charge in [0.25, 0.3) is 0 Å². The average molecular weight is 315 g/mol. The van der Waals surface area contributed by atoms with Crippen molar-refractivity contribution in [3.63, 3.8) is 0 Å². The zero-order valence-electron chi connectivity index (χ0n) is 13.4. The Labute approximate surface area is 135 Å². The quantitative estimate of drug-likeness (QED) is 0.939. The molecule has 0 bridgehead atoms. The first-order valence-electron chi connectivity index (χ1n) is 7.76. The third-order valence-electron chi connectivity index (χ3n) is 4.15. The van der Waals surface area contributed by atoms with Gasteiger partial charge in [-0.1, -0.05) is 6.07 Å². The van der Waals surface area contributed by atoms with E-state index < -0.39 is 6.23 Å². The van der Waals surface area contributed by atoms with Crippen LogP contribution < -0.4 is 4.74 Å². The summed E-state index contributed by atoms with van der Waals surface area (Å²) in [5, 5.41) is 10.5. The summed E-state index contributed by atoms with van der Waals surface area (Å²) >= 11 is 0. The van der Waals surface area contributed by atoms with Crippen LogP contribution in [0.3, 0.4) is 0 Å². The molecule has 6 heteroatoms. The van der Waals surface area contributed by atoms with Gasteiger partial charge in [-0.15, -0.1) is 0 Å². The first-order valence-corrected chi connectivity index (χ1v) is 7.76. The molecule has 1 atom stereocenters. The lowest BCUT2D eigenvalue weighted by Crippen LogP contribution is -2.38. The number of methoxy groups -OCH3 is 1. The van der Waals surface area contributed by atoms with Crippen LogP contribution in [0, 0.1) is 6.92 Å². The fourth-order valence-electron chi connectivity index (χ4n) is 2.89. The number of aliphatic hydroxyl groups excluding tert-OH is 1. The van der Waals surface area contributed by atoms with Crippen LogP contribution in [0.5, 0.6) is 5.75 Å². The second-order valence-electron chi connectivity index (χ2n) is 5.77. The number of aliphatic hydroxyl groups is 1. The number of carbonyl (C=O) groups is 1. The Bertz CT molecular complexity index is 711. The van der Waals surface area contributed by atoms with E-state index in [1.165, 1.54) is 4.90 Å². The van der Waals surface area contributed by atoms with E-state index >= 15 is 0 Å². The molecule has 122 valence electrons. The average Bonchev–Trinajstić information content (AvgIpc) is 3.00. The number of hydrogen-bond donors (Lipinski definition) is 1. The molecule has 1 amide bonds. The SMILES string of the molecule is COc1cc(C(O)N2CCCCC2=O)ccc1-n1cnc(C)c1. The lowest BCUT2D eigenvalue weighted by atomic mass is 10.1. The number of carbonyl (C=O) groups excluding carboxylic acids is 1. The van der Waals surface area contributed by atoms with Crippen molar-refractivity contribution in [2.24, 2.45) is 0 Å². The van der Waals surface area contributed by atoms with Crippen molar-refractivity contribution in [2.75, 3.05) is 13.7 Å². The predicted octanol–water partition coefficient (Wildman–Crippen LogP) is 2.19. The van der Waals surface area contributed by atoms with Crippen LogP contribution >= 0.6 is 0 Å². The van der Waals surface area contributed by atoms with Gasteiger partial charge >= 0.3 is 0 Å². The maximum Gasteiger partial charge on any atom is 0.224 e. The number of aromatic nitrogens is 2. The molecule has 2 aromatic rings. The molecule has 0 spiro atoms. The number of nitrogens with zero attached hydrogens (tertiary/aromatic N) is 3. The fraction of sp³-hybridized carbons (Fsp3) is 0.412. The number of likely N-dealkylation sites (tertiary alicyclic amines) is 1. The Kier molecular flexibility index (Phi) is 4.34. The van der Waals surface area contributed by atoms with Gasteiger partial charge in [-0.25, -0.2) is 4.98 Å². The van der Waals surface area contributed by atoms with E-state index in [0.717, 1.165) is 24.2 Å². The molecule has 1 fully saturated rings. The molecule has 1 aliphatic rings. The van der Waals surface area contributed by atoms with Crippen LogP contribution in [0.1, 0.15) is 36.7 Å². The van der Waals surface area contributed by atoms with Gasteiger partial charge in [-0.2, -0.15) is 0 Å². The van der Waals surface area contributed by atoms with E-state index in [1.807, 2.05) is 29.8 Å². The lowest BCUT2D eigenvalue weighted by Gasteiger charge is -2.31. The lowest BCUT2D eigenvalue weighted by molar-refractivity contribution is -0.144. The summed E-state index contributed by atoms with van der Waals surface area (Å²) in [6.45, 7) is 2.51. The Morgan fingerprint density at radius 3 is 2.83 bits per heavy atom. The van der Waals surface area contributed by atoms with E-state index in [2.05, 4.69) is 4.98 Å². The molecular weight excluding hydrogens is 294 g/mol. The smallest absolute Gasteiger partial charge is 0.224 e. The van der Waals surface area contributed by atoms with Crippen molar-refractivity contribution in [1.82, 2.24) is 14.5 Å². The van der Waals surface area contributed by atoms with Gasteiger partial charge in [0, 0.05) is 24.7 Å². The molecule has 0 aliphatic carbocycles. The normalized spacial score (nSPS) is 16.5. The number of imidazole rings is 1. The number of hydrogen-bond acceptors (Lipinski definition) is 4. The molecule has 1 saturated heterocycles. The van der Waals surface area contributed by atoms with E-state index in [0.29, 0.717) is 24.3 Å². The summed E-state index contributed by atoms with van der Waals surface area (Å²) < 4.78 is 7.32. The van der Waals surface area contributed by atoms with Gasteiger partial charge in [0.1, 0.15) is 5.75 Å². The highest BCUT2D eigenvalue weighted by molar-refractivity contribution is 5.77. The monoisotopic (exact) mass is 315 g/mol. The molecule has 2 heterocycles. The van der Waals surface area contributed by atoms with Gasteiger partial charge in [-0.05, 0) is 31.9 Å². The Morgan fingerprint density at radius 2 is 2.17 bits per heavy atom. The Morgan fingerprint density at radius 1 is 1.35 bits per heavy atom. The van der Waals surface area contributed by atoms with E-state index in [-0.39, 0.29) is 5.91 Å². The third-order valence-corrected chi connectivity index (χ3v) is 4.15. The van der Waals surface area contributed by atoms with Crippen LogP contribution in [-0.4, -0.2) is 39.1 Å². The zero-order chi connectivity index (χ0) is 16.4. The molecule has 0 radical (unpaired) electrons. The predicted molar refractivity (Wildman–Crippen MR) is 85.4 cm³/mol. The van der Waals surface area contributed by atoms with Gasteiger partial charge < -0.3 is 19.3 Å². The molecule has 23 heavy (non-hydrogen) atoms. The number of benzene rings is 1. The number of ether oxygens (including phenoxy) is 1. The highest BCUT2D eigenvalue weighted by Crippen LogP contribution is 2.30. The van der Waals surface area contributed by atoms with Gasteiger partial charge in [0.05, 0.1) is 24.8 Å². The largest absolute Gasteiger partial charge is 0.495 e. The molecule has 1 aliphatic heterocycles. The summed E-state index contributed by atoms with van der Waals surface area (Å²) in [6, 6.07) is 5.46. The standard InChI is InChI=1S/C17H21N3O3/c1-12-10-19(11-18-12)14-7-6-13(9-15(14)23-2)17(22)20-8-4-3-5-16(20)21/h6-7,9-11,17,22H,3-5,8H2,1-2H3. The van der Waals surface area contributed by atoms with Gasteiger partial charge in [0.2, 0.25) is 5.91 Å². The fourth-order valence-corrected chi connectivity index (χ4v) is 2.89. The molecular formula is C17H21N3O3. The molecule has 3 rings (SSSR count). The second-order valence-corrected chi connectivity index (χ2v) is 5.77. The van der Waals surface area contributed by atoms with Gasteiger partial charge in [0.15, 0.2) is 6.23 Å². The first kappa shape index (κ1) is 15.6. The molecule has 0 saturated carbocycles. The number of piperidine rings is 1. The van der Waals surface area contributed by atoms with Crippen LogP contribution in [0.25, 0.3) is 5.69 Å². The highest BCUT2D eigenvalue weighted by atomic mass is 16.5. The zero-order valence-corrected chi connectivity index (χ0v) is 13.4. The summed E-state index contributed by atoms with van der Waals surface area (Å²) in [4.78, 5) is 17.7. The molecule has 1 N–H and O–H groups in total. The molecule has 1 unspecified atom stereocenters. The van der Waals surface area contributed by atoms with Crippen molar-refractivity contribution in [3.8, 4) is 11.4 Å². The molecule has 1 aromatic heterocycles. The summed E-state index contributed by atoms with van der Waals surface area (Å²) in [7, 11) is 1.59. The van der Waals surface area contributed by atoms with Gasteiger partial charge in [-0.3, -0.25) is 4.79 Å². The number of amides is 1. The minimum atomic E-state index is -0.935. The highest BCUT2D eigenvalue weighted by Gasteiger charge is 2.26. The maximum absolute atomic E-state index is 12.0. The van der Waals surface area contributed by atoms with E-state index in [1.54, 1.807) is 19.5 Å². The van der Waals surface area contributed by atoms with Crippen molar-refractivity contribution in [2.45, 2.75) is 32.4 Å². The summed E-state index contributed by atoms with van der Waals surface area (Å²) in [5.74, 6) is 0.625. The molecule has 1 aromatic carbocycles. The number of rotatable bonds is 4. The summed E-state index contributed by atoms with van der Waals surface area (Å²) in [6.07, 6.45) is 5.01. The minimum absolute atomic E-state index is 0.00275.